The number of hydrogen-bond acceptors (Lipinski definition) is 2. The standard InChI is InChI=1S/C11H22N2/c1-11(2,3)10(5-12)13-6-8-4-9(8)7-13/h8-10H,4-7,12H2,1-3H3. The fourth-order valence-corrected chi connectivity index (χ4v) is 2.74. The molecule has 3 unspecified atom stereocenters. The molecule has 0 aromatic rings. The lowest BCUT2D eigenvalue weighted by atomic mass is 9.85. The van der Waals surface area contributed by atoms with Gasteiger partial charge in [0.15, 0.2) is 0 Å². The number of hydrogen-bond donors (Lipinski definition) is 1. The molecule has 0 spiro atoms. The van der Waals surface area contributed by atoms with E-state index in [0.717, 1.165) is 18.4 Å². The van der Waals surface area contributed by atoms with Gasteiger partial charge in [-0.3, -0.25) is 4.90 Å². The third-order valence-corrected chi connectivity index (χ3v) is 3.67. The Morgan fingerprint density at radius 2 is 1.85 bits per heavy atom. The number of nitrogens with two attached hydrogens (primary N) is 1. The van der Waals surface area contributed by atoms with Crippen LogP contribution in [0.3, 0.4) is 0 Å². The summed E-state index contributed by atoms with van der Waals surface area (Å²) in [6, 6.07) is 0.584. The zero-order valence-corrected chi connectivity index (χ0v) is 9.09. The molecule has 0 bridgehead atoms. The van der Waals surface area contributed by atoms with E-state index in [9.17, 15) is 0 Å². The number of fused-ring (bicyclic) bond motifs is 1. The van der Waals surface area contributed by atoms with E-state index in [4.69, 9.17) is 5.73 Å². The highest BCUT2D eigenvalue weighted by Crippen LogP contribution is 2.46. The fraction of sp³-hybridized carbons (Fsp3) is 1.00. The van der Waals surface area contributed by atoms with Crippen molar-refractivity contribution in [3.8, 4) is 0 Å². The van der Waals surface area contributed by atoms with Gasteiger partial charge >= 0.3 is 0 Å². The van der Waals surface area contributed by atoms with Crippen molar-refractivity contribution >= 4 is 0 Å². The number of piperidine rings is 1. The lowest BCUT2D eigenvalue weighted by Gasteiger charge is -2.38. The quantitative estimate of drug-likeness (QED) is 0.697. The van der Waals surface area contributed by atoms with Gasteiger partial charge in [-0.2, -0.15) is 0 Å². The van der Waals surface area contributed by atoms with Crippen molar-refractivity contribution in [3.05, 3.63) is 0 Å². The molecule has 2 N–H and O–H groups in total. The molecule has 1 saturated carbocycles. The molecule has 3 atom stereocenters. The van der Waals surface area contributed by atoms with Gasteiger partial charge in [-0.1, -0.05) is 20.8 Å². The van der Waals surface area contributed by atoms with Crippen molar-refractivity contribution in [2.75, 3.05) is 19.6 Å². The van der Waals surface area contributed by atoms with Gasteiger partial charge < -0.3 is 5.73 Å². The number of likely N-dealkylation sites (tertiary alicyclic amines) is 1. The predicted octanol–water partition coefficient (Wildman–Crippen LogP) is 1.31. The lowest BCUT2D eigenvalue weighted by Crippen LogP contribution is -2.48. The molecule has 0 amide bonds. The maximum atomic E-state index is 5.86. The van der Waals surface area contributed by atoms with Crippen LogP contribution in [0.2, 0.25) is 0 Å². The van der Waals surface area contributed by atoms with Crippen LogP contribution in [0.15, 0.2) is 0 Å². The molecule has 13 heavy (non-hydrogen) atoms. The Balaban J connectivity index is 1.97. The third kappa shape index (κ3) is 1.75. The Bertz CT molecular complexity index is 185. The summed E-state index contributed by atoms with van der Waals surface area (Å²) in [5.74, 6) is 2.05. The molecule has 2 nitrogen and oxygen atoms in total. The summed E-state index contributed by atoms with van der Waals surface area (Å²) in [7, 11) is 0. The van der Waals surface area contributed by atoms with Crippen LogP contribution in [0.5, 0.6) is 0 Å². The van der Waals surface area contributed by atoms with Crippen LogP contribution in [0.1, 0.15) is 27.2 Å². The second-order valence-corrected chi connectivity index (χ2v) is 5.83. The summed E-state index contributed by atoms with van der Waals surface area (Å²) in [5, 5.41) is 0. The van der Waals surface area contributed by atoms with Crippen LogP contribution in [0.4, 0.5) is 0 Å². The fourth-order valence-electron chi connectivity index (χ4n) is 2.74. The first kappa shape index (κ1) is 9.47. The molecule has 2 rings (SSSR count). The zero-order valence-electron chi connectivity index (χ0n) is 9.09. The van der Waals surface area contributed by atoms with Crippen LogP contribution in [0.25, 0.3) is 0 Å². The molecule has 1 aliphatic carbocycles. The van der Waals surface area contributed by atoms with Gasteiger partial charge in [-0.05, 0) is 23.7 Å². The maximum absolute atomic E-state index is 5.86. The smallest absolute Gasteiger partial charge is 0.0267 e. The Hall–Kier alpha value is -0.0800. The van der Waals surface area contributed by atoms with Crippen molar-refractivity contribution in [2.45, 2.75) is 33.2 Å². The Morgan fingerprint density at radius 1 is 1.31 bits per heavy atom. The van der Waals surface area contributed by atoms with Crippen molar-refractivity contribution in [1.29, 1.82) is 0 Å². The van der Waals surface area contributed by atoms with Crippen molar-refractivity contribution < 1.29 is 0 Å². The highest BCUT2D eigenvalue weighted by Gasteiger charge is 2.48. The van der Waals surface area contributed by atoms with E-state index in [-0.39, 0.29) is 0 Å². The monoisotopic (exact) mass is 182 g/mol. The SMILES string of the molecule is CC(C)(C)C(CN)N1CC2CC2C1. The summed E-state index contributed by atoms with van der Waals surface area (Å²) in [6.45, 7) is 10.3. The molecule has 1 heterocycles. The summed E-state index contributed by atoms with van der Waals surface area (Å²) in [5.41, 5.74) is 6.20. The van der Waals surface area contributed by atoms with Crippen LogP contribution >= 0.6 is 0 Å². The van der Waals surface area contributed by atoms with E-state index in [1.165, 1.54) is 19.5 Å². The molecule has 1 aliphatic heterocycles. The van der Waals surface area contributed by atoms with E-state index in [2.05, 4.69) is 25.7 Å². The maximum Gasteiger partial charge on any atom is 0.0267 e. The molecule has 2 heteroatoms. The molecule has 2 aliphatic rings. The first-order chi connectivity index (χ1) is 6.02. The van der Waals surface area contributed by atoms with Gasteiger partial charge in [0.05, 0.1) is 0 Å². The summed E-state index contributed by atoms with van der Waals surface area (Å²) in [4.78, 5) is 2.61. The normalized spacial score (nSPS) is 36.0. The number of nitrogens with zero attached hydrogens (tertiary/aromatic N) is 1. The molecule has 2 fully saturated rings. The minimum atomic E-state index is 0.339. The Kier molecular flexibility index (Phi) is 2.16. The summed E-state index contributed by atoms with van der Waals surface area (Å²) < 4.78 is 0. The van der Waals surface area contributed by atoms with Crippen molar-refractivity contribution in [1.82, 2.24) is 4.90 Å². The minimum absolute atomic E-state index is 0.339. The highest BCUT2D eigenvalue weighted by atomic mass is 15.2. The summed E-state index contributed by atoms with van der Waals surface area (Å²) in [6.07, 6.45) is 1.48. The largest absolute Gasteiger partial charge is 0.329 e. The third-order valence-electron chi connectivity index (χ3n) is 3.67. The first-order valence-electron chi connectivity index (χ1n) is 5.46. The molecular formula is C11H22N2. The van der Waals surface area contributed by atoms with E-state index in [1.807, 2.05) is 0 Å². The van der Waals surface area contributed by atoms with Gasteiger partial charge in [0.25, 0.3) is 0 Å². The van der Waals surface area contributed by atoms with Gasteiger partial charge in [-0.25, -0.2) is 0 Å². The molecular weight excluding hydrogens is 160 g/mol. The molecule has 0 aromatic heterocycles. The second-order valence-electron chi connectivity index (χ2n) is 5.83. The molecule has 0 aromatic carbocycles. The average Bonchev–Trinajstić information content (AvgIpc) is 2.58. The topological polar surface area (TPSA) is 29.3 Å². The Morgan fingerprint density at radius 3 is 2.23 bits per heavy atom. The van der Waals surface area contributed by atoms with E-state index < -0.39 is 0 Å². The van der Waals surface area contributed by atoms with Crippen LogP contribution in [-0.4, -0.2) is 30.6 Å². The average molecular weight is 182 g/mol. The van der Waals surface area contributed by atoms with E-state index >= 15 is 0 Å². The van der Waals surface area contributed by atoms with Gasteiger partial charge in [-0.15, -0.1) is 0 Å². The number of rotatable bonds is 2. The van der Waals surface area contributed by atoms with Crippen LogP contribution in [-0.2, 0) is 0 Å². The van der Waals surface area contributed by atoms with Gasteiger partial charge in [0, 0.05) is 25.7 Å². The summed E-state index contributed by atoms with van der Waals surface area (Å²) >= 11 is 0. The Labute approximate surface area is 81.5 Å². The highest BCUT2D eigenvalue weighted by molar-refractivity contribution is 5.00. The van der Waals surface area contributed by atoms with Crippen molar-refractivity contribution in [2.24, 2.45) is 23.0 Å². The van der Waals surface area contributed by atoms with Crippen LogP contribution < -0.4 is 5.73 Å². The molecule has 76 valence electrons. The minimum Gasteiger partial charge on any atom is -0.329 e. The van der Waals surface area contributed by atoms with Gasteiger partial charge in [0.2, 0.25) is 0 Å². The first-order valence-corrected chi connectivity index (χ1v) is 5.46. The van der Waals surface area contributed by atoms with E-state index in [1.54, 1.807) is 0 Å². The molecule has 0 radical (unpaired) electrons. The van der Waals surface area contributed by atoms with E-state index in [0.29, 0.717) is 11.5 Å². The lowest BCUT2D eigenvalue weighted by molar-refractivity contribution is 0.118. The molecule has 1 saturated heterocycles. The van der Waals surface area contributed by atoms with Crippen molar-refractivity contribution in [3.63, 3.8) is 0 Å². The second kappa shape index (κ2) is 2.96. The predicted molar refractivity (Wildman–Crippen MR) is 55.5 cm³/mol. The van der Waals surface area contributed by atoms with Crippen LogP contribution in [0, 0.1) is 17.3 Å². The van der Waals surface area contributed by atoms with Gasteiger partial charge in [0.1, 0.15) is 0 Å². The zero-order chi connectivity index (χ0) is 9.64.